The fraction of sp³-hybridized carbons (Fsp3) is 0.643. The van der Waals surface area contributed by atoms with Crippen molar-refractivity contribution in [1.29, 1.82) is 0 Å². The van der Waals surface area contributed by atoms with Gasteiger partial charge in [0.25, 0.3) is 11.6 Å². The summed E-state index contributed by atoms with van der Waals surface area (Å²) in [4.78, 5) is 25.1. The summed E-state index contributed by atoms with van der Waals surface area (Å²) in [7, 11) is 0. The number of hydrogen-bond acceptors (Lipinski definition) is 4. The van der Waals surface area contributed by atoms with Crippen molar-refractivity contribution in [2.24, 2.45) is 5.73 Å². The van der Waals surface area contributed by atoms with Crippen molar-refractivity contribution in [2.75, 3.05) is 6.54 Å². The molecule has 0 aromatic carbocycles. The minimum absolute atomic E-state index is 0.00776. The summed E-state index contributed by atoms with van der Waals surface area (Å²) in [6.07, 6.45) is 5.00. The Balaban J connectivity index is 1.88. The highest BCUT2D eigenvalue weighted by Crippen LogP contribution is 2.38. The second kappa shape index (κ2) is 5.14. The predicted molar refractivity (Wildman–Crippen MR) is 77.1 cm³/mol. The van der Waals surface area contributed by atoms with E-state index in [-0.39, 0.29) is 29.7 Å². The van der Waals surface area contributed by atoms with Crippen LogP contribution in [-0.2, 0) is 0 Å². The molecule has 21 heavy (non-hydrogen) atoms. The first-order valence-electron chi connectivity index (χ1n) is 7.40. The lowest BCUT2D eigenvalue weighted by Crippen LogP contribution is -2.48. The SMILES string of the molecule is CC1CC(N)CCN1C(=O)c1cc([N+](=O)[O-])cn1C1CC1. The van der Waals surface area contributed by atoms with E-state index in [1.54, 1.807) is 9.47 Å². The molecule has 2 fully saturated rings. The molecule has 0 spiro atoms. The van der Waals surface area contributed by atoms with Crippen molar-refractivity contribution >= 4 is 11.6 Å². The van der Waals surface area contributed by atoms with Crippen LogP contribution < -0.4 is 5.73 Å². The van der Waals surface area contributed by atoms with E-state index in [4.69, 9.17) is 5.73 Å². The van der Waals surface area contributed by atoms with Gasteiger partial charge in [0.15, 0.2) is 0 Å². The van der Waals surface area contributed by atoms with E-state index in [1.165, 1.54) is 12.3 Å². The van der Waals surface area contributed by atoms with E-state index in [2.05, 4.69) is 0 Å². The molecule has 0 bridgehead atoms. The summed E-state index contributed by atoms with van der Waals surface area (Å²) < 4.78 is 1.78. The fourth-order valence-electron chi connectivity index (χ4n) is 3.05. The molecule has 2 N–H and O–H groups in total. The van der Waals surface area contributed by atoms with Crippen molar-refractivity contribution in [3.63, 3.8) is 0 Å². The van der Waals surface area contributed by atoms with E-state index in [9.17, 15) is 14.9 Å². The maximum Gasteiger partial charge on any atom is 0.287 e. The largest absolute Gasteiger partial charge is 0.335 e. The maximum absolute atomic E-state index is 12.7. The molecule has 2 heterocycles. The van der Waals surface area contributed by atoms with E-state index in [1.807, 2.05) is 6.92 Å². The number of piperidine rings is 1. The van der Waals surface area contributed by atoms with Gasteiger partial charge in [0.1, 0.15) is 5.69 Å². The molecule has 0 radical (unpaired) electrons. The van der Waals surface area contributed by atoms with Gasteiger partial charge < -0.3 is 15.2 Å². The number of aromatic nitrogens is 1. The number of carbonyl (C=O) groups is 1. The molecule has 1 amide bonds. The van der Waals surface area contributed by atoms with Crippen LogP contribution in [0.5, 0.6) is 0 Å². The Labute approximate surface area is 122 Å². The first-order chi connectivity index (χ1) is 9.97. The Bertz CT molecular complexity index is 579. The van der Waals surface area contributed by atoms with Crippen LogP contribution in [-0.4, -0.2) is 38.9 Å². The monoisotopic (exact) mass is 292 g/mol. The summed E-state index contributed by atoms with van der Waals surface area (Å²) in [6, 6.07) is 1.85. The fourth-order valence-corrected chi connectivity index (χ4v) is 3.05. The van der Waals surface area contributed by atoms with Gasteiger partial charge in [-0.1, -0.05) is 0 Å². The maximum atomic E-state index is 12.7. The van der Waals surface area contributed by atoms with Crippen LogP contribution in [0.2, 0.25) is 0 Å². The van der Waals surface area contributed by atoms with Crippen molar-refractivity contribution in [3.8, 4) is 0 Å². The van der Waals surface area contributed by atoms with E-state index in [0.29, 0.717) is 12.2 Å². The molecule has 1 saturated heterocycles. The summed E-state index contributed by atoms with van der Waals surface area (Å²) in [5.41, 5.74) is 6.35. The lowest BCUT2D eigenvalue weighted by Gasteiger charge is -2.36. The molecular weight excluding hydrogens is 272 g/mol. The van der Waals surface area contributed by atoms with Gasteiger partial charge in [-0.25, -0.2) is 0 Å². The average Bonchev–Trinajstić information content (AvgIpc) is 3.16. The Morgan fingerprint density at radius 3 is 2.71 bits per heavy atom. The number of nitrogens with zero attached hydrogens (tertiary/aromatic N) is 3. The third-order valence-corrected chi connectivity index (χ3v) is 4.38. The van der Waals surface area contributed by atoms with Gasteiger partial charge >= 0.3 is 0 Å². The van der Waals surface area contributed by atoms with Crippen molar-refractivity contribution < 1.29 is 9.72 Å². The minimum atomic E-state index is -0.439. The van der Waals surface area contributed by atoms with Gasteiger partial charge in [-0.05, 0) is 32.6 Å². The standard InChI is InChI=1S/C14H20N4O3/c1-9-6-10(15)4-5-16(9)14(19)13-7-12(18(20)21)8-17(13)11-2-3-11/h7-11H,2-6,15H2,1H3. The number of rotatable bonds is 3. The van der Waals surface area contributed by atoms with Crippen molar-refractivity contribution in [3.05, 3.63) is 28.1 Å². The van der Waals surface area contributed by atoms with Crippen LogP contribution in [0.1, 0.15) is 49.1 Å². The number of nitrogens with two attached hydrogens (primary N) is 1. The molecule has 3 rings (SSSR count). The summed E-state index contributed by atoms with van der Waals surface area (Å²) in [5.74, 6) is -0.116. The second-order valence-electron chi connectivity index (χ2n) is 6.11. The number of hydrogen-bond donors (Lipinski definition) is 1. The van der Waals surface area contributed by atoms with Crippen LogP contribution in [0, 0.1) is 10.1 Å². The smallest absolute Gasteiger partial charge is 0.287 e. The number of carbonyl (C=O) groups excluding carboxylic acids is 1. The van der Waals surface area contributed by atoms with E-state index < -0.39 is 4.92 Å². The number of likely N-dealkylation sites (tertiary alicyclic amines) is 1. The van der Waals surface area contributed by atoms with Gasteiger partial charge in [-0.3, -0.25) is 14.9 Å². The first kappa shape index (κ1) is 14.1. The zero-order valence-electron chi connectivity index (χ0n) is 12.1. The van der Waals surface area contributed by atoms with Crippen LogP contribution in [0.25, 0.3) is 0 Å². The van der Waals surface area contributed by atoms with Gasteiger partial charge in [0.2, 0.25) is 0 Å². The normalized spacial score (nSPS) is 25.9. The lowest BCUT2D eigenvalue weighted by molar-refractivity contribution is -0.384. The van der Waals surface area contributed by atoms with Crippen LogP contribution >= 0.6 is 0 Å². The highest BCUT2D eigenvalue weighted by atomic mass is 16.6. The molecule has 1 aromatic rings. The van der Waals surface area contributed by atoms with Gasteiger partial charge in [-0.2, -0.15) is 0 Å². The molecule has 1 aliphatic carbocycles. The minimum Gasteiger partial charge on any atom is -0.335 e. The molecule has 1 aliphatic heterocycles. The Kier molecular flexibility index (Phi) is 3.44. The van der Waals surface area contributed by atoms with E-state index >= 15 is 0 Å². The predicted octanol–water partition coefficient (Wildman–Crippen LogP) is 1.68. The van der Waals surface area contributed by atoms with Gasteiger partial charge in [-0.15, -0.1) is 0 Å². The molecule has 1 saturated carbocycles. The van der Waals surface area contributed by atoms with Crippen molar-refractivity contribution in [1.82, 2.24) is 9.47 Å². The van der Waals surface area contributed by atoms with Gasteiger partial charge in [0.05, 0.1) is 11.1 Å². The Morgan fingerprint density at radius 1 is 1.43 bits per heavy atom. The lowest BCUT2D eigenvalue weighted by atomic mass is 9.99. The average molecular weight is 292 g/mol. The molecule has 2 aliphatic rings. The van der Waals surface area contributed by atoms with Crippen LogP contribution in [0.3, 0.4) is 0 Å². The first-order valence-corrected chi connectivity index (χ1v) is 7.40. The molecular formula is C14H20N4O3. The van der Waals surface area contributed by atoms with E-state index in [0.717, 1.165) is 25.7 Å². The zero-order valence-corrected chi connectivity index (χ0v) is 12.1. The Morgan fingerprint density at radius 2 is 2.14 bits per heavy atom. The molecule has 2 atom stereocenters. The van der Waals surface area contributed by atoms with Gasteiger partial charge in [0, 0.05) is 30.7 Å². The zero-order chi connectivity index (χ0) is 15.1. The summed E-state index contributed by atoms with van der Waals surface area (Å²) in [6.45, 7) is 2.60. The molecule has 1 aromatic heterocycles. The highest BCUT2D eigenvalue weighted by molar-refractivity contribution is 5.94. The van der Waals surface area contributed by atoms with Crippen LogP contribution in [0.15, 0.2) is 12.3 Å². The highest BCUT2D eigenvalue weighted by Gasteiger charge is 2.34. The van der Waals surface area contributed by atoms with Crippen molar-refractivity contribution in [2.45, 2.75) is 50.7 Å². The summed E-state index contributed by atoms with van der Waals surface area (Å²) in [5, 5.41) is 11.0. The number of nitro groups is 1. The third kappa shape index (κ3) is 2.65. The Hall–Kier alpha value is -1.89. The molecule has 2 unspecified atom stereocenters. The number of amides is 1. The molecule has 7 heteroatoms. The quantitative estimate of drug-likeness (QED) is 0.677. The molecule has 7 nitrogen and oxygen atoms in total. The topological polar surface area (TPSA) is 94.4 Å². The van der Waals surface area contributed by atoms with Crippen LogP contribution in [0.4, 0.5) is 5.69 Å². The molecule has 114 valence electrons. The second-order valence-corrected chi connectivity index (χ2v) is 6.11. The third-order valence-electron chi connectivity index (χ3n) is 4.38. The summed E-state index contributed by atoms with van der Waals surface area (Å²) >= 11 is 0.